The van der Waals surface area contributed by atoms with Gasteiger partial charge in [0.15, 0.2) is 6.10 Å². The highest BCUT2D eigenvalue weighted by molar-refractivity contribution is 6.32. The minimum absolute atomic E-state index is 0.161. The molecule has 1 N–H and O–H groups in total. The summed E-state index contributed by atoms with van der Waals surface area (Å²) in [5.74, 6) is 0.354. The normalized spacial score (nSPS) is 11.8. The smallest absolute Gasteiger partial charge is 0.261 e. The lowest BCUT2D eigenvalue weighted by Crippen LogP contribution is -2.37. The van der Waals surface area contributed by atoms with Crippen molar-refractivity contribution in [2.24, 2.45) is 0 Å². The van der Waals surface area contributed by atoms with Crippen molar-refractivity contribution >= 4 is 17.5 Å². The van der Waals surface area contributed by atoms with Gasteiger partial charge in [-0.15, -0.1) is 0 Å². The summed E-state index contributed by atoms with van der Waals surface area (Å²) < 4.78 is 7.68. The van der Waals surface area contributed by atoms with Crippen LogP contribution in [0.3, 0.4) is 0 Å². The number of carbonyl (C=O) groups excluding carboxylic acids is 1. The molecule has 2 aromatic carbocycles. The van der Waals surface area contributed by atoms with Crippen LogP contribution >= 0.6 is 11.6 Å². The third kappa shape index (κ3) is 4.43. The van der Waals surface area contributed by atoms with Gasteiger partial charge in [-0.05, 0) is 36.2 Å². The van der Waals surface area contributed by atoms with Crippen molar-refractivity contribution in [3.8, 4) is 11.4 Å². The Morgan fingerprint density at radius 3 is 2.65 bits per heavy atom. The van der Waals surface area contributed by atoms with Gasteiger partial charge >= 0.3 is 0 Å². The number of hydrogen-bond donors (Lipinski definition) is 1. The molecule has 1 aromatic heterocycles. The van der Waals surface area contributed by atoms with Crippen LogP contribution in [0.15, 0.2) is 67.3 Å². The lowest BCUT2D eigenvalue weighted by molar-refractivity contribution is -0.128. The minimum atomic E-state index is -0.583. The molecule has 0 aliphatic rings. The Morgan fingerprint density at radius 1 is 1.23 bits per heavy atom. The molecule has 3 rings (SSSR count). The lowest BCUT2D eigenvalue weighted by atomic mass is 10.2. The Balaban J connectivity index is 1.57. The third-order valence-corrected chi connectivity index (χ3v) is 4.29. The Morgan fingerprint density at radius 2 is 2.00 bits per heavy atom. The molecule has 1 amide bonds. The second-order valence-corrected chi connectivity index (χ2v) is 6.21. The van der Waals surface area contributed by atoms with Crippen LogP contribution in [0.5, 0.6) is 5.75 Å². The number of benzene rings is 2. The molecule has 26 heavy (non-hydrogen) atoms. The van der Waals surface area contributed by atoms with E-state index in [9.17, 15) is 4.79 Å². The van der Waals surface area contributed by atoms with E-state index in [1.165, 1.54) is 0 Å². The number of ether oxygens (including phenoxy) is 1. The summed E-state index contributed by atoms with van der Waals surface area (Å²) >= 11 is 6.10. The average molecular weight is 370 g/mol. The summed E-state index contributed by atoms with van der Waals surface area (Å²) in [6.45, 7) is 2.34. The number of aromatic nitrogens is 2. The van der Waals surface area contributed by atoms with Crippen molar-refractivity contribution in [1.29, 1.82) is 0 Å². The molecule has 1 atom stereocenters. The molecule has 0 spiro atoms. The number of amides is 1. The second-order valence-electron chi connectivity index (χ2n) is 5.80. The molecule has 3 aromatic rings. The fraction of sp³-hybridized carbons (Fsp3) is 0.200. The first-order valence-corrected chi connectivity index (χ1v) is 8.81. The van der Waals surface area contributed by atoms with Gasteiger partial charge in [0.2, 0.25) is 0 Å². The maximum absolute atomic E-state index is 12.4. The Bertz CT molecular complexity index is 848. The molecule has 6 heteroatoms. The topological polar surface area (TPSA) is 56.1 Å². The molecule has 134 valence electrons. The number of rotatable bonds is 7. The summed E-state index contributed by atoms with van der Waals surface area (Å²) in [7, 11) is 0. The number of hydrogen-bond acceptors (Lipinski definition) is 3. The van der Waals surface area contributed by atoms with Crippen molar-refractivity contribution in [1.82, 2.24) is 14.9 Å². The summed E-state index contributed by atoms with van der Waals surface area (Å²) in [6.07, 6.45) is 5.33. The van der Waals surface area contributed by atoms with E-state index in [-0.39, 0.29) is 5.91 Å². The number of para-hydroxylation sites is 1. The highest BCUT2D eigenvalue weighted by Crippen LogP contribution is 2.24. The number of nitrogens with one attached hydrogen (secondary N) is 1. The highest BCUT2D eigenvalue weighted by Gasteiger charge is 2.19. The van der Waals surface area contributed by atoms with Crippen molar-refractivity contribution < 1.29 is 9.53 Å². The third-order valence-electron chi connectivity index (χ3n) is 3.97. The van der Waals surface area contributed by atoms with Gasteiger partial charge in [-0.3, -0.25) is 4.79 Å². The predicted molar refractivity (Wildman–Crippen MR) is 102 cm³/mol. The fourth-order valence-electron chi connectivity index (χ4n) is 2.52. The predicted octanol–water partition coefficient (Wildman–Crippen LogP) is 4.00. The van der Waals surface area contributed by atoms with Crippen LogP contribution < -0.4 is 10.1 Å². The molecule has 0 unspecified atom stereocenters. The van der Waals surface area contributed by atoms with Gasteiger partial charge in [0.25, 0.3) is 5.91 Å². The van der Waals surface area contributed by atoms with Crippen LogP contribution in [-0.2, 0) is 11.3 Å². The van der Waals surface area contributed by atoms with E-state index < -0.39 is 6.10 Å². The van der Waals surface area contributed by atoms with Crippen molar-refractivity contribution in [2.45, 2.75) is 26.0 Å². The molecule has 0 bridgehead atoms. The molecule has 0 radical (unpaired) electrons. The van der Waals surface area contributed by atoms with Crippen LogP contribution in [0.1, 0.15) is 18.9 Å². The van der Waals surface area contributed by atoms with Gasteiger partial charge in [0, 0.05) is 24.6 Å². The molecule has 0 saturated heterocycles. The van der Waals surface area contributed by atoms with E-state index >= 15 is 0 Å². The van der Waals surface area contributed by atoms with Crippen molar-refractivity contribution in [2.75, 3.05) is 0 Å². The van der Waals surface area contributed by atoms with E-state index in [1.807, 2.05) is 54.1 Å². The second kappa shape index (κ2) is 8.54. The van der Waals surface area contributed by atoms with Crippen LogP contribution in [0.4, 0.5) is 0 Å². The number of halogens is 1. The van der Waals surface area contributed by atoms with Crippen LogP contribution in [-0.4, -0.2) is 21.6 Å². The molecule has 1 heterocycles. The van der Waals surface area contributed by atoms with Crippen molar-refractivity contribution in [3.63, 3.8) is 0 Å². The standard InChI is InChI=1S/C20H20ClN3O2/c1-2-18(26-19-6-4-3-5-17(19)21)20(25)23-13-15-7-9-16(10-8-15)24-12-11-22-14-24/h3-12,14,18H,2,13H2,1H3,(H,23,25)/t18-/m0/s1. The average Bonchev–Trinajstić information content (AvgIpc) is 3.20. The Kier molecular flexibility index (Phi) is 5.92. The molecular formula is C20H20ClN3O2. The first-order chi connectivity index (χ1) is 12.7. The summed E-state index contributed by atoms with van der Waals surface area (Å²) in [5, 5.41) is 3.41. The summed E-state index contributed by atoms with van der Waals surface area (Å²) in [4.78, 5) is 16.5. The van der Waals surface area contributed by atoms with E-state index in [0.29, 0.717) is 23.7 Å². The zero-order chi connectivity index (χ0) is 18.4. The van der Waals surface area contributed by atoms with E-state index in [4.69, 9.17) is 16.3 Å². The van der Waals surface area contributed by atoms with E-state index in [2.05, 4.69) is 10.3 Å². The lowest BCUT2D eigenvalue weighted by Gasteiger charge is -2.18. The first-order valence-electron chi connectivity index (χ1n) is 8.43. The van der Waals surface area contributed by atoms with Crippen molar-refractivity contribution in [3.05, 3.63) is 77.8 Å². The van der Waals surface area contributed by atoms with Crippen LogP contribution in [0.25, 0.3) is 5.69 Å². The maximum Gasteiger partial charge on any atom is 0.261 e. The molecule has 0 aliphatic heterocycles. The van der Waals surface area contributed by atoms with Gasteiger partial charge in [0.05, 0.1) is 11.3 Å². The molecule has 5 nitrogen and oxygen atoms in total. The zero-order valence-corrected chi connectivity index (χ0v) is 15.2. The van der Waals surface area contributed by atoms with Gasteiger partial charge in [0.1, 0.15) is 5.75 Å². The van der Waals surface area contributed by atoms with Gasteiger partial charge in [-0.25, -0.2) is 4.98 Å². The zero-order valence-electron chi connectivity index (χ0n) is 14.4. The van der Waals surface area contributed by atoms with Gasteiger partial charge in [-0.2, -0.15) is 0 Å². The quantitative estimate of drug-likeness (QED) is 0.684. The SMILES string of the molecule is CC[C@H](Oc1ccccc1Cl)C(=O)NCc1ccc(-n2ccnc2)cc1. The van der Waals surface area contributed by atoms with Gasteiger partial charge < -0.3 is 14.6 Å². The number of imidazole rings is 1. The maximum atomic E-state index is 12.4. The molecular weight excluding hydrogens is 350 g/mol. The van der Waals surface area contributed by atoms with Crippen LogP contribution in [0.2, 0.25) is 5.02 Å². The monoisotopic (exact) mass is 369 g/mol. The van der Waals surface area contributed by atoms with Gasteiger partial charge in [-0.1, -0.05) is 42.8 Å². The minimum Gasteiger partial charge on any atom is -0.479 e. The Labute approximate surface area is 157 Å². The summed E-state index contributed by atoms with van der Waals surface area (Å²) in [6, 6.07) is 15.1. The van der Waals surface area contributed by atoms with E-state index in [1.54, 1.807) is 24.7 Å². The highest BCUT2D eigenvalue weighted by atomic mass is 35.5. The molecule has 0 aliphatic carbocycles. The number of nitrogens with zero attached hydrogens (tertiary/aromatic N) is 2. The largest absolute Gasteiger partial charge is 0.479 e. The summed E-state index contributed by atoms with van der Waals surface area (Å²) in [5.41, 5.74) is 2.03. The number of carbonyl (C=O) groups is 1. The molecule has 0 saturated carbocycles. The Hall–Kier alpha value is -2.79. The first kappa shape index (κ1) is 18.0. The van der Waals surface area contributed by atoms with Crippen LogP contribution in [0, 0.1) is 0 Å². The fourth-order valence-corrected chi connectivity index (χ4v) is 2.70. The van der Waals surface area contributed by atoms with E-state index in [0.717, 1.165) is 11.3 Å². The molecule has 0 fully saturated rings.